The Hall–Kier alpha value is -2.15. The number of urea groups is 1. The van der Waals surface area contributed by atoms with Crippen LogP contribution >= 0.6 is 0 Å². The lowest BCUT2D eigenvalue weighted by atomic mass is 10.2. The molecule has 0 aromatic carbocycles. The van der Waals surface area contributed by atoms with E-state index in [1.807, 2.05) is 7.05 Å². The van der Waals surface area contributed by atoms with Gasteiger partial charge in [0.1, 0.15) is 0 Å². The fourth-order valence-corrected chi connectivity index (χ4v) is 2.03. The first kappa shape index (κ1) is 13.3. The highest BCUT2D eigenvalue weighted by molar-refractivity contribution is 5.92. The van der Waals surface area contributed by atoms with Crippen molar-refractivity contribution < 1.29 is 14.7 Å². The number of carboxylic acid groups (broad SMARTS) is 1. The minimum atomic E-state index is -1.08. The highest BCUT2D eigenvalue weighted by atomic mass is 16.4. The van der Waals surface area contributed by atoms with Gasteiger partial charge in [0.05, 0.1) is 17.4 Å². The number of pyridine rings is 1. The molecule has 1 aliphatic heterocycles. The number of amides is 2. The van der Waals surface area contributed by atoms with Gasteiger partial charge in [0, 0.05) is 18.8 Å². The van der Waals surface area contributed by atoms with Crippen molar-refractivity contribution in [1.82, 2.24) is 15.2 Å². The predicted octanol–water partition coefficient (Wildman–Crippen LogP) is 0.605. The quantitative estimate of drug-likeness (QED) is 0.743. The Morgan fingerprint density at radius 2 is 2.26 bits per heavy atom. The van der Waals surface area contributed by atoms with Crippen LogP contribution in [0.5, 0.6) is 0 Å². The molecule has 1 fully saturated rings. The van der Waals surface area contributed by atoms with Gasteiger partial charge in [-0.15, -0.1) is 0 Å². The Morgan fingerprint density at radius 1 is 1.47 bits per heavy atom. The summed E-state index contributed by atoms with van der Waals surface area (Å²) in [5, 5.41) is 14.3. The number of likely N-dealkylation sites (tertiary alicyclic amines) is 1. The van der Waals surface area contributed by atoms with Crippen molar-refractivity contribution in [3.63, 3.8) is 0 Å². The smallest absolute Gasteiger partial charge is 0.337 e. The van der Waals surface area contributed by atoms with Crippen LogP contribution in [0.4, 0.5) is 10.5 Å². The van der Waals surface area contributed by atoms with Gasteiger partial charge in [0.25, 0.3) is 0 Å². The van der Waals surface area contributed by atoms with E-state index in [9.17, 15) is 9.59 Å². The van der Waals surface area contributed by atoms with Crippen molar-refractivity contribution in [3.8, 4) is 0 Å². The first-order valence-electron chi connectivity index (χ1n) is 5.99. The Kier molecular flexibility index (Phi) is 3.96. The van der Waals surface area contributed by atoms with Crippen LogP contribution in [0.1, 0.15) is 16.8 Å². The molecule has 1 unspecified atom stereocenters. The molecule has 2 amide bonds. The summed E-state index contributed by atoms with van der Waals surface area (Å²) in [6, 6.07) is 1.15. The average molecular weight is 264 g/mol. The number of carbonyl (C=O) groups is 2. The van der Waals surface area contributed by atoms with E-state index < -0.39 is 5.97 Å². The topological polar surface area (TPSA) is 94.6 Å². The summed E-state index contributed by atoms with van der Waals surface area (Å²) in [6.07, 6.45) is 3.56. The number of likely N-dealkylation sites (N-methyl/N-ethyl adjacent to an activating group) is 1. The molecule has 1 aromatic heterocycles. The molecule has 19 heavy (non-hydrogen) atoms. The van der Waals surface area contributed by atoms with Crippen molar-refractivity contribution in [2.24, 2.45) is 0 Å². The summed E-state index contributed by atoms with van der Waals surface area (Å²) in [4.78, 5) is 28.4. The van der Waals surface area contributed by atoms with Gasteiger partial charge in [0.15, 0.2) is 0 Å². The van der Waals surface area contributed by atoms with Crippen LogP contribution in [0.15, 0.2) is 18.5 Å². The van der Waals surface area contributed by atoms with Crippen molar-refractivity contribution in [1.29, 1.82) is 0 Å². The van der Waals surface area contributed by atoms with E-state index in [0.717, 1.165) is 19.5 Å². The van der Waals surface area contributed by atoms with Crippen LogP contribution in [0.2, 0.25) is 0 Å². The zero-order valence-electron chi connectivity index (χ0n) is 10.6. The molecule has 2 heterocycles. The predicted molar refractivity (Wildman–Crippen MR) is 69.3 cm³/mol. The molecule has 3 N–H and O–H groups in total. The number of rotatable bonds is 3. The van der Waals surface area contributed by atoms with Crippen LogP contribution in [-0.4, -0.2) is 53.2 Å². The lowest BCUT2D eigenvalue weighted by molar-refractivity contribution is 0.0696. The molecule has 1 aliphatic rings. The summed E-state index contributed by atoms with van der Waals surface area (Å²) in [6.45, 7) is 1.78. The Balaban J connectivity index is 1.91. The van der Waals surface area contributed by atoms with Crippen molar-refractivity contribution in [2.45, 2.75) is 12.5 Å². The van der Waals surface area contributed by atoms with Gasteiger partial charge in [-0.3, -0.25) is 4.98 Å². The molecule has 0 saturated carbocycles. The minimum Gasteiger partial charge on any atom is -0.478 e. The largest absolute Gasteiger partial charge is 0.478 e. The molecule has 0 spiro atoms. The summed E-state index contributed by atoms with van der Waals surface area (Å²) in [7, 11) is 2.00. The molecule has 1 aromatic rings. The normalized spacial score (nSPS) is 19.1. The standard InChI is InChI=1S/C12H16N4O3/c1-16-3-2-9(7-16)14-12(19)15-10-4-8(11(17)18)5-13-6-10/h4-6,9H,2-3,7H2,1H3,(H,17,18)(H2,14,15,19). The average Bonchev–Trinajstić information content (AvgIpc) is 2.74. The second-order valence-corrected chi connectivity index (χ2v) is 4.61. The van der Waals surface area contributed by atoms with Crippen LogP contribution in [0.3, 0.4) is 0 Å². The number of nitrogens with one attached hydrogen (secondary N) is 2. The highest BCUT2D eigenvalue weighted by Crippen LogP contribution is 2.09. The maximum atomic E-state index is 11.7. The number of anilines is 1. The highest BCUT2D eigenvalue weighted by Gasteiger charge is 2.21. The molecule has 7 nitrogen and oxygen atoms in total. The number of nitrogens with zero attached hydrogens (tertiary/aromatic N) is 2. The second-order valence-electron chi connectivity index (χ2n) is 4.61. The van der Waals surface area contributed by atoms with Gasteiger partial charge in [-0.1, -0.05) is 0 Å². The van der Waals surface area contributed by atoms with Gasteiger partial charge in [-0.05, 0) is 26.1 Å². The van der Waals surface area contributed by atoms with E-state index in [-0.39, 0.29) is 17.6 Å². The number of carboxylic acids is 1. The monoisotopic (exact) mass is 264 g/mol. The third-order valence-electron chi connectivity index (χ3n) is 2.97. The summed E-state index contributed by atoms with van der Waals surface area (Å²) in [5.41, 5.74) is 0.405. The number of carbonyl (C=O) groups excluding carboxylic acids is 1. The molecule has 0 bridgehead atoms. The maximum absolute atomic E-state index is 11.7. The van der Waals surface area contributed by atoms with E-state index in [1.54, 1.807) is 0 Å². The van der Waals surface area contributed by atoms with Crippen LogP contribution in [0, 0.1) is 0 Å². The summed E-state index contributed by atoms with van der Waals surface area (Å²) < 4.78 is 0. The van der Waals surface area contributed by atoms with E-state index in [2.05, 4.69) is 20.5 Å². The van der Waals surface area contributed by atoms with Gasteiger partial charge >= 0.3 is 12.0 Å². The Labute approximate surface area is 110 Å². The molecule has 0 aliphatic carbocycles. The lowest BCUT2D eigenvalue weighted by Crippen LogP contribution is -2.39. The van der Waals surface area contributed by atoms with Crippen LogP contribution in [-0.2, 0) is 0 Å². The zero-order valence-corrected chi connectivity index (χ0v) is 10.6. The minimum absolute atomic E-state index is 0.0402. The number of aromatic nitrogens is 1. The van der Waals surface area contributed by atoms with E-state index in [0.29, 0.717) is 5.69 Å². The maximum Gasteiger partial charge on any atom is 0.337 e. The zero-order chi connectivity index (χ0) is 13.8. The first-order chi connectivity index (χ1) is 9.04. The fourth-order valence-electron chi connectivity index (χ4n) is 2.03. The van der Waals surface area contributed by atoms with E-state index >= 15 is 0 Å². The van der Waals surface area contributed by atoms with Gasteiger partial charge < -0.3 is 20.6 Å². The fraction of sp³-hybridized carbons (Fsp3) is 0.417. The molecule has 1 saturated heterocycles. The molecule has 1 atom stereocenters. The Bertz CT molecular complexity index is 492. The van der Waals surface area contributed by atoms with Crippen LogP contribution < -0.4 is 10.6 Å². The third-order valence-corrected chi connectivity index (χ3v) is 2.97. The van der Waals surface area contributed by atoms with E-state index in [4.69, 9.17) is 5.11 Å². The number of hydrogen-bond donors (Lipinski definition) is 3. The van der Waals surface area contributed by atoms with Crippen molar-refractivity contribution in [2.75, 3.05) is 25.5 Å². The van der Waals surface area contributed by atoms with Gasteiger partial charge in [0.2, 0.25) is 0 Å². The molecule has 2 rings (SSSR count). The van der Waals surface area contributed by atoms with Gasteiger partial charge in [-0.25, -0.2) is 9.59 Å². The number of hydrogen-bond acceptors (Lipinski definition) is 4. The molecular formula is C12H16N4O3. The summed E-state index contributed by atoms with van der Waals surface area (Å²) >= 11 is 0. The molecule has 102 valence electrons. The van der Waals surface area contributed by atoms with Crippen LogP contribution in [0.25, 0.3) is 0 Å². The Morgan fingerprint density at radius 3 is 2.89 bits per heavy atom. The second kappa shape index (κ2) is 5.66. The molecule has 0 radical (unpaired) electrons. The summed E-state index contributed by atoms with van der Waals surface area (Å²) in [5.74, 6) is -1.08. The lowest BCUT2D eigenvalue weighted by Gasteiger charge is -2.13. The van der Waals surface area contributed by atoms with Crippen molar-refractivity contribution in [3.05, 3.63) is 24.0 Å². The van der Waals surface area contributed by atoms with Crippen molar-refractivity contribution >= 4 is 17.7 Å². The van der Waals surface area contributed by atoms with Gasteiger partial charge in [-0.2, -0.15) is 0 Å². The first-order valence-corrected chi connectivity index (χ1v) is 5.99. The molecule has 7 heteroatoms. The molecular weight excluding hydrogens is 248 g/mol. The van der Waals surface area contributed by atoms with E-state index in [1.165, 1.54) is 18.5 Å². The SMILES string of the molecule is CN1CCC(NC(=O)Nc2cncc(C(=O)O)c2)C1. The number of aromatic carboxylic acids is 1. The third kappa shape index (κ3) is 3.65.